The molecule has 112 valence electrons. The molecule has 2 rings (SSSR count). The van der Waals surface area contributed by atoms with E-state index in [4.69, 9.17) is 4.74 Å². The summed E-state index contributed by atoms with van der Waals surface area (Å²) in [6.45, 7) is 9.86. The maximum atomic E-state index is 5.81. The molecule has 2 unspecified atom stereocenters. The zero-order valence-electron chi connectivity index (χ0n) is 13.4. The molecule has 0 aromatic heterocycles. The Kier molecular flexibility index (Phi) is 5.33. The average molecular weight is 275 g/mol. The van der Waals surface area contributed by atoms with E-state index >= 15 is 0 Å². The van der Waals surface area contributed by atoms with Crippen LogP contribution in [0.25, 0.3) is 0 Å². The van der Waals surface area contributed by atoms with Gasteiger partial charge in [-0.05, 0) is 42.7 Å². The third-order valence-electron chi connectivity index (χ3n) is 4.30. The van der Waals surface area contributed by atoms with Crippen LogP contribution in [0.15, 0.2) is 24.3 Å². The monoisotopic (exact) mass is 275 g/mol. The van der Waals surface area contributed by atoms with Crippen LogP contribution in [0.5, 0.6) is 5.75 Å². The predicted molar refractivity (Wildman–Crippen MR) is 86.4 cm³/mol. The van der Waals surface area contributed by atoms with Gasteiger partial charge in [-0.25, -0.2) is 0 Å². The van der Waals surface area contributed by atoms with Crippen LogP contribution in [0.2, 0.25) is 0 Å². The van der Waals surface area contributed by atoms with Crippen molar-refractivity contribution in [1.29, 1.82) is 0 Å². The summed E-state index contributed by atoms with van der Waals surface area (Å²) in [6.07, 6.45) is 4.05. The van der Waals surface area contributed by atoms with Crippen LogP contribution in [0.1, 0.15) is 47.0 Å². The SMILES string of the molecule is CC(C)COc1cccc(NC2C(C)CCCC2C)c1. The van der Waals surface area contributed by atoms with Crippen LogP contribution in [-0.4, -0.2) is 12.6 Å². The smallest absolute Gasteiger partial charge is 0.121 e. The van der Waals surface area contributed by atoms with Gasteiger partial charge in [0.25, 0.3) is 0 Å². The van der Waals surface area contributed by atoms with Crippen molar-refractivity contribution in [3.05, 3.63) is 24.3 Å². The topological polar surface area (TPSA) is 21.3 Å². The Morgan fingerprint density at radius 3 is 2.55 bits per heavy atom. The third-order valence-corrected chi connectivity index (χ3v) is 4.30. The standard InChI is InChI=1S/C18H29NO/c1-13(2)12-20-17-10-6-9-16(11-17)19-18-14(3)7-5-8-15(18)4/h6,9-11,13-15,18-19H,5,7-8,12H2,1-4H3. The first-order valence-electron chi connectivity index (χ1n) is 8.05. The van der Waals surface area contributed by atoms with E-state index in [9.17, 15) is 0 Å². The molecule has 0 bridgehead atoms. The molecule has 0 saturated heterocycles. The van der Waals surface area contributed by atoms with Crippen LogP contribution in [0.4, 0.5) is 5.69 Å². The van der Waals surface area contributed by atoms with Crippen LogP contribution in [-0.2, 0) is 0 Å². The van der Waals surface area contributed by atoms with Gasteiger partial charge in [-0.2, -0.15) is 0 Å². The van der Waals surface area contributed by atoms with Crippen molar-refractivity contribution >= 4 is 5.69 Å². The van der Waals surface area contributed by atoms with Crippen molar-refractivity contribution in [1.82, 2.24) is 0 Å². The van der Waals surface area contributed by atoms with Gasteiger partial charge in [-0.1, -0.05) is 40.2 Å². The van der Waals surface area contributed by atoms with Gasteiger partial charge in [-0.15, -0.1) is 0 Å². The largest absolute Gasteiger partial charge is 0.493 e. The lowest BCUT2D eigenvalue weighted by Gasteiger charge is -2.36. The van der Waals surface area contributed by atoms with Crippen LogP contribution in [0, 0.1) is 17.8 Å². The van der Waals surface area contributed by atoms with Crippen molar-refractivity contribution in [3.63, 3.8) is 0 Å². The minimum atomic E-state index is 0.560. The first-order chi connectivity index (χ1) is 9.56. The molecule has 1 aliphatic carbocycles. The lowest BCUT2D eigenvalue weighted by atomic mass is 9.78. The molecule has 1 saturated carbocycles. The highest BCUT2D eigenvalue weighted by atomic mass is 16.5. The second-order valence-electron chi connectivity index (χ2n) is 6.79. The molecule has 1 aliphatic rings. The minimum Gasteiger partial charge on any atom is -0.493 e. The Balaban J connectivity index is 1.99. The van der Waals surface area contributed by atoms with E-state index in [-0.39, 0.29) is 0 Å². The van der Waals surface area contributed by atoms with Crippen LogP contribution >= 0.6 is 0 Å². The summed E-state index contributed by atoms with van der Waals surface area (Å²) < 4.78 is 5.81. The highest BCUT2D eigenvalue weighted by Crippen LogP contribution is 2.32. The van der Waals surface area contributed by atoms with Gasteiger partial charge in [0.1, 0.15) is 5.75 Å². The summed E-state index contributed by atoms with van der Waals surface area (Å²) in [6, 6.07) is 8.99. The van der Waals surface area contributed by atoms with Crippen molar-refractivity contribution < 1.29 is 4.74 Å². The fraction of sp³-hybridized carbons (Fsp3) is 0.667. The van der Waals surface area contributed by atoms with Gasteiger partial charge in [0.15, 0.2) is 0 Å². The van der Waals surface area contributed by atoms with Gasteiger partial charge < -0.3 is 10.1 Å². The molecule has 2 atom stereocenters. The fourth-order valence-electron chi connectivity index (χ4n) is 3.10. The fourth-order valence-corrected chi connectivity index (χ4v) is 3.10. The van der Waals surface area contributed by atoms with Gasteiger partial charge in [0, 0.05) is 17.8 Å². The molecule has 1 aromatic carbocycles. The van der Waals surface area contributed by atoms with Gasteiger partial charge in [0.2, 0.25) is 0 Å². The van der Waals surface area contributed by atoms with E-state index in [1.54, 1.807) is 0 Å². The Morgan fingerprint density at radius 2 is 1.90 bits per heavy atom. The zero-order valence-corrected chi connectivity index (χ0v) is 13.4. The molecular weight excluding hydrogens is 246 g/mol. The van der Waals surface area contributed by atoms with Gasteiger partial charge in [-0.3, -0.25) is 0 Å². The average Bonchev–Trinajstić information content (AvgIpc) is 2.41. The quantitative estimate of drug-likeness (QED) is 0.820. The van der Waals surface area contributed by atoms with E-state index in [0.717, 1.165) is 24.2 Å². The van der Waals surface area contributed by atoms with Crippen molar-refractivity contribution in [2.24, 2.45) is 17.8 Å². The number of benzene rings is 1. The molecule has 1 N–H and O–H groups in total. The third kappa shape index (κ3) is 4.16. The summed E-state index contributed by atoms with van der Waals surface area (Å²) in [4.78, 5) is 0. The summed E-state index contributed by atoms with van der Waals surface area (Å²) in [5.74, 6) is 3.03. The van der Waals surface area contributed by atoms with E-state index in [1.807, 2.05) is 6.07 Å². The molecule has 2 heteroatoms. The molecule has 1 fully saturated rings. The summed E-state index contributed by atoms with van der Waals surface area (Å²) in [7, 11) is 0. The Hall–Kier alpha value is -1.18. The molecule has 0 amide bonds. The number of hydrogen-bond donors (Lipinski definition) is 1. The summed E-state index contributed by atoms with van der Waals surface area (Å²) in [5.41, 5.74) is 1.19. The molecular formula is C18H29NO. The molecule has 0 radical (unpaired) electrons. The second kappa shape index (κ2) is 7.01. The van der Waals surface area contributed by atoms with Crippen molar-refractivity contribution in [3.8, 4) is 5.75 Å². The molecule has 0 aliphatic heterocycles. The number of ether oxygens (including phenoxy) is 1. The van der Waals surface area contributed by atoms with Gasteiger partial charge >= 0.3 is 0 Å². The highest BCUT2D eigenvalue weighted by molar-refractivity contribution is 5.49. The summed E-state index contributed by atoms with van der Waals surface area (Å²) in [5, 5.41) is 3.73. The first kappa shape index (κ1) is 15.2. The maximum Gasteiger partial charge on any atom is 0.121 e. The minimum absolute atomic E-state index is 0.560. The lowest BCUT2D eigenvalue weighted by Crippen LogP contribution is -2.37. The van der Waals surface area contributed by atoms with E-state index in [2.05, 4.69) is 51.2 Å². The molecule has 0 spiro atoms. The number of rotatable bonds is 5. The highest BCUT2D eigenvalue weighted by Gasteiger charge is 2.27. The van der Waals surface area contributed by atoms with Crippen molar-refractivity contribution in [2.45, 2.75) is 53.0 Å². The lowest BCUT2D eigenvalue weighted by molar-refractivity contribution is 0.266. The molecule has 1 aromatic rings. The molecule has 0 heterocycles. The number of hydrogen-bond acceptors (Lipinski definition) is 2. The Morgan fingerprint density at radius 1 is 1.20 bits per heavy atom. The molecule has 20 heavy (non-hydrogen) atoms. The second-order valence-corrected chi connectivity index (χ2v) is 6.79. The Bertz CT molecular complexity index is 406. The van der Waals surface area contributed by atoms with E-state index in [1.165, 1.54) is 24.9 Å². The maximum absolute atomic E-state index is 5.81. The summed E-state index contributed by atoms with van der Waals surface area (Å²) >= 11 is 0. The number of nitrogens with one attached hydrogen (secondary N) is 1. The Labute approximate surface area is 123 Å². The van der Waals surface area contributed by atoms with E-state index < -0.39 is 0 Å². The van der Waals surface area contributed by atoms with Crippen LogP contribution in [0.3, 0.4) is 0 Å². The van der Waals surface area contributed by atoms with Gasteiger partial charge in [0.05, 0.1) is 6.61 Å². The van der Waals surface area contributed by atoms with Crippen LogP contribution < -0.4 is 10.1 Å². The normalized spacial score (nSPS) is 26.6. The predicted octanol–water partition coefficient (Wildman–Crippen LogP) is 4.96. The first-order valence-corrected chi connectivity index (χ1v) is 8.05. The zero-order chi connectivity index (χ0) is 14.5. The molecule has 2 nitrogen and oxygen atoms in total. The van der Waals surface area contributed by atoms with E-state index in [0.29, 0.717) is 12.0 Å². The number of anilines is 1. The van der Waals surface area contributed by atoms with Crippen molar-refractivity contribution in [2.75, 3.05) is 11.9 Å².